The smallest absolute Gasteiger partial charge is 0.409 e. The summed E-state index contributed by atoms with van der Waals surface area (Å²) in [5.41, 5.74) is 1.13. The molecule has 4 rings (SSSR count). The number of nitrogens with one attached hydrogen (secondary N) is 1. The highest BCUT2D eigenvalue weighted by molar-refractivity contribution is 6.02. The molecular weight excluding hydrogens is 452 g/mol. The van der Waals surface area contributed by atoms with E-state index in [0.29, 0.717) is 50.7 Å². The van der Waals surface area contributed by atoms with Crippen molar-refractivity contribution in [3.8, 4) is 0 Å². The van der Waals surface area contributed by atoms with Crippen LogP contribution >= 0.6 is 0 Å². The second kappa shape index (κ2) is 10.9. The summed E-state index contributed by atoms with van der Waals surface area (Å²) in [5.74, 6) is 0.572. The van der Waals surface area contributed by atoms with Crippen LogP contribution < -0.4 is 5.32 Å². The van der Waals surface area contributed by atoms with Gasteiger partial charge in [-0.2, -0.15) is 5.10 Å². The van der Waals surface area contributed by atoms with Gasteiger partial charge in [-0.25, -0.2) is 4.79 Å². The van der Waals surface area contributed by atoms with E-state index >= 15 is 0 Å². The first-order valence-electron chi connectivity index (χ1n) is 12.2. The van der Waals surface area contributed by atoms with Crippen LogP contribution in [0.25, 0.3) is 0 Å². The van der Waals surface area contributed by atoms with Crippen LogP contribution in [0.4, 0.5) is 10.5 Å². The first kappa shape index (κ1) is 24.8. The van der Waals surface area contributed by atoms with E-state index in [-0.39, 0.29) is 23.7 Å². The van der Waals surface area contributed by atoms with Crippen LogP contribution in [0.2, 0.25) is 0 Å². The molecule has 0 saturated carbocycles. The molecule has 0 aromatic carbocycles. The summed E-state index contributed by atoms with van der Waals surface area (Å²) in [6.07, 6.45) is 3.71. The Kier molecular flexibility index (Phi) is 7.74. The van der Waals surface area contributed by atoms with Crippen LogP contribution in [-0.2, 0) is 16.1 Å². The molecule has 0 radical (unpaired) electrons. The molecule has 2 saturated heterocycles. The fourth-order valence-corrected chi connectivity index (χ4v) is 4.43. The first-order valence-corrected chi connectivity index (χ1v) is 12.2. The van der Waals surface area contributed by atoms with E-state index in [2.05, 4.69) is 15.3 Å². The van der Waals surface area contributed by atoms with E-state index in [1.54, 1.807) is 47.5 Å². The number of carbonyl (C=O) groups is 3. The van der Waals surface area contributed by atoms with Crippen molar-refractivity contribution in [2.45, 2.75) is 46.2 Å². The fourth-order valence-electron chi connectivity index (χ4n) is 4.43. The molecule has 2 aliphatic rings. The van der Waals surface area contributed by atoms with Gasteiger partial charge in [-0.1, -0.05) is 0 Å². The molecule has 0 bridgehead atoms. The van der Waals surface area contributed by atoms with Gasteiger partial charge in [-0.05, 0) is 58.8 Å². The number of aryl methyl sites for hydroxylation is 1. The van der Waals surface area contributed by atoms with E-state index in [4.69, 9.17) is 9.15 Å². The summed E-state index contributed by atoms with van der Waals surface area (Å²) in [6, 6.07) is 2.97. The number of hydrogen-bond acceptors (Lipinski definition) is 7. The van der Waals surface area contributed by atoms with Crippen LogP contribution in [0.5, 0.6) is 0 Å². The normalized spacial score (nSPS) is 17.5. The zero-order valence-corrected chi connectivity index (χ0v) is 20.7. The molecule has 190 valence electrons. The van der Waals surface area contributed by atoms with Crippen molar-refractivity contribution in [3.63, 3.8) is 0 Å². The Hall–Kier alpha value is -3.34. The molecule has 2 fully saturated rings. The summed E-state index contributed by atoms with van der Waals surface area (Å²) in [6.45, 7) is 10.2. The SMILES string of the molecule is CCOC(=O)N1CCN(C(=O)C(C)n2cc(NC(=O)c3ccc(CN4CCCC4)o3)c(C)n2)CC1. The fraction of sp³-hybridized carbons (Fsp3) is 0.583. The minimum Gasteiger partial charge on any atom is -0.455 e. The molecule has 35 heavy (non-hydrogen) atoms. The number of rotatable bonds is 7. The monoisotopic (exact) mass is 486 g/mol. The molecule has 0 spiro atoms. The number of carbonyl (C=O) groups excluding carboxylic acids is 3. The number of likely N-dealkylation sites (tertiary alicyclic amines) is 1. The van der Waals surface area contributed by atoms with Gasteiger partial charge in [0.15, 0.2) is 5.76 Å². The van der Waals surface area contributed by atoms with E-state index in [1.165, 1.54) is 12.8 Å². The summed E-state index contributed by atoms with van der Waals surface area (Å²) in [7, 11) is 0. The minimum absolute atomic E-state index is 0.0912. The molecule has 4 heterocycles. The predicted octanol–water partition coefficient (Wildman–Crippen LogP) is 2.49. The Bertz CT molecular complexity index is 1050. The van der Waals surface area contributed by atoms with Crippen molar-refractivity contribution in [3.05, 3.63) is 35.5 Å². The molecule has 2 aliphatic heterocycles. The van der Waals surface area contributed by atoms with Crippen LogP contribution in [0, 0.1) is 6.92 Å². The van der Waals surface area contributed by atoms with Gasteiger partial charge in [-0.15, -0.1) is 0 Å². The van der Waals surface area contributed by atoms with Crippen molar-refractivity contribution in [2.24, 2.45) is 0 Å². The number of aromatic nitrogens is 2. The van der Waals surface area contributed by atoms with Crippen molar-refractivity contribution >= 4 is 23.6 Å². The number of hydrogen-bond donors (Lipinski definition) is 1. The molecule has 0 aliphatic carbocycles. The number of amides is 3. The lowest BCUT2D eigenvalue weighted by Gasteiger charge is -2.35. The number of piperazine rings is 1. The van der Waals surface area contributed by atoms with E-state index in [0.717, 1.165) is 18.8 Å². The highest BCUT2D eigenvalue weighted by Gasteiger charge is 2.29. The van der Waals surface area contributed by atoms with E-state index in [9.17, 15) is 14.4 Å². The van der Waals surface area contributed by atoms with Crippen LogP contribution in [0.1, 0.15) is 54.7 Å². The van der Waals surface area contributed by atoms with Crippen LogP contribution in [-0.4, -0.2) is 88.3 Å². The Morgan fingerprint density at radius 2 is 1.77 bits per heavy atom. The first-order chi connectivity index (χ1) is 16.9. The average Bonchev–Trinajstić information content (AvgIpc) is 3.61. The highest BCUT2D eigenvalue weighted by atomic mass is 16.6. The van der Waals surface area contributed by atoms with Gasteiger partial charge >= 0.3 is 6.09 Å². The van der Waals surface area contributed by atoms with Crippen molar-refractivity contribution in [1.29, 1.82) is 0 Å². The molecule has 3 amide bonds. The number of ether oxygens (including phenoxy) is 1. The van der Waals surface area contributed by atoms with Crippen LogP contribution in [0.3, 0.4) is 0 Å². The summed E-state index contributed by atoms with van der Waals surface area (Å²) in [4.78, 5) is 43.3. The number of anilines is 1. The Balaban J connectivity index is 1.33. The van der Waals surface area contributed by atoms with Crippen molar-refractivity contribution < 1.29 is 23.5 Å². The zero-order valence-electron chi connectivity index (χ0n) is 20.7. The largest absolute Gasteiger partial charge is 0.455 e. The van der Waals surface area contributed by atoms with Gasteiger partial charge in [0.1, 0.15) is 11.8 Å². The lowest BCUT2D eigenvalue weighted by Crippen LogP contribution is -2.52. The van der Waals surface area contributed by atoms with Gasteiger partial charge in [0.05, 0.1) is 24.5 Å². The third-order valence-electron chi connectivity index (χ3n) is 6.50. The highest BCUT2D eigenvalue weighted by Crippen LogP contribution is 2.21. The topological polar surface area (TPSA) is 113 Å². The average molecular weight is 487 g/mol. The lowest BCUT2D eigenvalue weighted by molar-refractivity contribution is -0.136. The van der Waals surface area contributed by atoms with E-state index < -0.39 is 6.04 Å². The lowest BCUT2D eigenvalue weighted by atomic mass is 10.2. The zero-order chi connectivity index (χ0) is 24.9. The predicted molar refractivity (Wildman–Crippen MR) is 128 cm³/mol. The molecule has 1 unspecified atom stereocenters. The second-order valence-electron chi connectivity index (χ2n) is 9.00. The van der Waals surface area contributed by atoms with Gasteiger partial charge < -0.3 is 24.3 Å². The van der Waals surface area contributed by atoms with Gasteiger partial charge in [0.25, 0.3) is 5.91 Å². The Morgan fingerprint density at radius 3 is 2.46 bits per heavy atom. The summed E-state index contributed by atoms with van der Waals surface area (Å²) < 4.78 is 12.3. The Morgan fingerprint density at radius 1 is 1.09 bits per heavy atom. The third kappa shape index (κ3) is 5.84. The standard InChI is InChI=1S/C24H34N6O5/c1-4-34-24(33)29-13-11-28(12-14-29)23(32)18(3)30-16-20(17(2)26-30)25-22(31)21-8-7-19(35-21)15-27-9-5-6-10-27/h7-8,16,18H,4-6,9-15H2,1-3H3,(H,25,31). The molecule has 1 atom stereocenters. The maximum absolute atomic E-state index is 13.0. The maximum Gasteiger partial charge on any atom is 0.409 e. The third-order valence-corrected chi connectivity index (χ3v) is 6.50. The minimum atomic E-state index is -0.552. The maximum atomic E-state index is 13.0. The number of furan rings is 1. The Labute approximate surface area is 205 Å². The van der Waals surface area contributed by atoms with Gasteiger partial charge in [0.2, 0.25) is 5.91 Å². The molecular formula is C24H34N6O5. The van der Waals surface area contributed by atoms with E-state index in [1.807, 2.05) is 6.07 Å². The van der Waals surface area contributed by atoms with Crippen LogP contribution in [0.15, 0.2) is 22.7 Å². The quantitative estimate of drug-likeness (QED) is 0.640. The molecule has 2 aromatic rings. The second-order valence-corrected chi connectivity index (χ2v) is 9.00. The molecule has 2 aromatic heterocycles. The molecule has 1 N–H and O–H groups in total. The number of nitrogens with zero attached hydrogens (tertiary/aromatic N) is 5. The molecule has 11 heteroatoms. The van der Waals surface area contributed by atoms with Crippen molar-refractivity contribution in [2.75, 3.05) is 51.2 Å². The molecule has 11 nitrogen and oxygen atoms in total. The van der Waals surface area contributed by atoms with Gasteiger partial charge in [0, 0.05) is 32.4 Å². The van der Waals surface area contributed by atoms with Crippen molar-refractivity contribution in [1.82, 2.24) is 24.5 Å². The summed E-state index contributed by atoms with van der Waals surface area (Å²) >= 11 is 0. The summed E-state index contributed by atoms with van der Waals surface area (Å²) in [5, 5.41) is 7.29. The van der Waals surface area contributed by atoms with Gasteiger partial charge in [-0.3, -0.25) is 19.2 Å².